The highest BCUT2D eigenvalue weighted by Gasteiger charge is 2.33. The number of alkyl halides is 3. The lowest BCUT2D eigenvalue weighted by Gasteiger charge is -2.23. The van der Waals surface area contributed by atoms with Gasteiger partial charge in [-0.05, 0) is 42.8 Å². The molecule has 6 nitrogen and oxygen atoms in total. The summed E-state index contributed by atoms with van der Waals surface area (Å²) in [5.74, 6) is -0.0442. The van der Waals surface area contributed by atoms with Gasteiger partial charge in [0.25, 0.3) is 5.91 Å². The Labute approximate surface area is 198 Å². The number of hydrogen-bond acceptors (Lipinski definition) is 5. The highest BCUT2D eigenvalue weighted by atomic mass is 35.5. The average molecular weight is 490 g/mol. The smallest absolute Gasteiger partial charge is 0.433 e. The molecule has 3 aromatic rings. The highest BCUT2D eigenvalue weighted by molar-refractivity contribution is 6.33. The Kier molecular flexibility index (Phi) is 7.44. The van der Waals surface area contributed by atoms with E-state index in [0.29, 0.717) is 17.5 Å². The van der Waals surface area contributed by atoms with Crippen LogP contribution in [0.4, 0.5) is 18.9 Å². The number of nitriles is 1. The molecule has 1 amide bonds. The predicted octanol–water partition coefficient (Wildman–Crippen LogP) is 5.25. The molecular formula is C24H19ClF3N3O3. The third-order valence-corrected chi connectivity index (χ3v) is 5.34. The fraction of sp³-hybridized carbons (Fsp3) is 0.208. The molecule has 176 valence electrons. The number of anilines is 1. The van der Waals surface area contributed by atoms with Gasteiger partial charge in [-0.3, -0.25) is 9.78 Å². The van der Waals surface area contributed by atoms with E-state index in [1.165, 1.54) is 23.1 Å². The zero-order valence-corrected chi connectivity index (χ0v) is 18.9. The fourth-order valence-electron chi connectivity index (χ4n) is 3.41. The number of aromatic nitrogens is 1. The number of benzene rings is 2. The second-order valence-electron chi connectivity index (χ2n) is 7.28. The first-order valence-corrected chi connectivity index (χ1v) is 10.3. The van der Waals surface area contributed by atoms with Crippen molar-refractivity contribution in [3.63, 3.8) is 0 Å². The molecule has 10 heteroatoms. The van der Waals surface area contributed by atoms with Crippen LogP contribution in [0.25, 0.3) is 11.1 Å². The van der Waals surface area contributed by atoms with Gasteiger partial charge in [0, 0.05) is 35.0 Å². The second-order valence-corrected chi connectivity index (χ2v) is 7.68. The van der Waals surface area contributed by atoms with E-state index in [4.69, 9.17) is 21.4 Å². The van der Waals surface area contributed by atoms with Gasteiger partial charge in [0.2, 0.25) is 0 Å². The molecule has 0 aliphatic rings. The maximum absolute atomic E-state index is 13.3. The fourth-order valence-corrected chi connectivity index (χ4v) is 3.63. The van der Waals surface area contributed by atoms with Crippen molar-refractivity contribution in [2.24, 2.45) is 0 Å². The molecule has 3 rings (SSSR count). The summed E-state index contributed by atoms with van der Waals surface area (Å²) in [5, 5.41) is 18.6. The molecule has 0 saturated heterocycles. The second kappa shape index (κ2) is 10.1. The third-order valence-electron chi connectivity index (χ3n) is 5.01. The quantitative estimate of drug-likeness (QED) is 0.511. The van der Waals surface area contributed by atoms with E-state index < -0.39 is 17.8 Å². The Morgan fingerprint density at radius 2 is 1.97 bits per heavy atom. The van der Waals surface area contributed by atoms with E-state index >= 15 is 0 Å². The van der Waals surface area contributed by atoms with Gasteiger partial charge in [-0.1, -0.05) is 23.7 Å². The number of aryl methyl sites for hydroxylation is 1. The normalized spacial score (nSPS) is 11.1. The van der Waals surface area contributed by atoms with Crippen molar-refractivity contribution in [2.45, 2.75) is 13.1 Å². The molecule has 0 aliphatic heterocycles. The first-order chi connectivity index (χ1) is 16.1. The van der Waals surface area contributed by atoms with Crippen molar-refractivity contribution in [2.75, 3.05) is 25.2 Å². The van der Waals surface area contributed by atoms with Crippen molar-refractivity contribution >= 4 is 23.2 Å². The van der Waals surface area contributed by atoms with E-state index in [-0.39, 0.29) is 40.5 Å². The summed E-state index contributed by atoms with van der Waals surface area (Å²) in [6.45, 7) is 1.64. The Morgan fingerprint density at radius 1 is 1.24 bits per heavy atom. The van der Waals surface area contributed by atoms with Crippen LogP contribution in [0, 0.1) is 18.3 Å². The van der Waals surface area contributed by atoms with E-state index in [1.807, 2.05) is 0 Å². The molecule has 0 unspecified atom stereocenters. The maximum atomic E-state index is 13.3. The first-order valence-electron chi connectivity index (χ1n) is 9.97. The van der Waals surface area contributed by atoms with Crippen LogP contribution in [0.2, 0.25) is 5.02 Å². The molecule has 0 fully saturated rings. The van der Waals surface area contributed by atoms with Gasteiger partial charge < -0.3 is 14.7 Å². The Morgan fingerprint density at radius 3 is 2.62 bits per heavy atom. The number of carbonyl (C=O) groups is 1. The summed E-state index contributed by atoms with van der Waals surface area (Å²) < 4.78 is 44.6. The topological polar surface area (TPSA) is 86.5 Å². The zero-order valence-electron chi connectivity index (χ0n) is 18.2. The summed E-state index contributed by atoms with van der Waals surface area (Å²) in [5.41, 5.74) is 0.208. The maximum Gasteiger partial charge on any atom is 0.433 e. The summed E-state index contributed by atoms with van der Waals surface area (Å²) in [6.07, 6.45) is -3.79. The zero-order chi connectivity index (χ0) is 25.0. The van der Waals surface area contributed by atoms with Crippen LogP contribution in [0.3, 0.4) is 0 Å². The number of pyridine rings is 1. The lowest BCUT2D eigenvalue weighted by molar-refractivity contribution is -0.141. The molecule has 1 N–H and O–H groups in total. The number of aliphatic hydroxyl groups is 1. The monoisotopic (exact) mass is 489 g/mol. The number of ether oxygens (including phenoxy) is 1. The largest absolute Gasteiger partial charge is 0.489 e. The van der Waals surface area contributed by atoms with Crippen molar-refractivity contribution in [1.82, 2.24) is 4.98 Å². The van der Waals surface area contributed by atoms with Crippen molar-refractivity contribution in [3.8, 4) is 22.9 Å². The summed E-state index contributed by atoms with van der Waals surface area (Å²) >= 11 is 6.27. The molecule has 0 saturated carbocycles. The van der Waals surface area contributed by atoms with E-state index in [2.05, 4.69) is 4.98 Å². The van der Waals surface area contributed by atoms with Crippen LogP contribution in [0.5, 0.6) is 5.75 Å². The number of rotatable bonds is 6. The van der Waals surface area contributed by atoms with Crippen LogP contribution >= 0.6 is 11.6 Å². The van der Waals surface area contributed by atoms with Gasteiger partial charge in [-0.15, -0.1) is 0 Å². The number of carbonyl (C=O) groups excluding carboxylic acids is 1. The van der Waals surface area contributed by atoms with Crippen LogP contribution < -0.4 is 9.64 Å². The molecule has 0 aliphatic carbocycles. The molecule has 0 radical (unpaired) electrons. The molecule has 1 heterocycles. The van der Waals surface area contributed by atoms with Gasteiger partial charge in [0.05, 0.1) is 23.9 Å². The lowest BCUT2D eigenvalue weighted by atomic mass is 9.99. The number of nitrogens with zero attached hydrogens (tertiary/aromatic N) is 3. The van der Waals surface area contributed by atoms with Crippen LogP contribution in [-0.2, 0) is 6.18 Å². The standard InChI is InChI=1S/C24H19ClF3N3O3/c1-14-4-3-5-20(34-9-8-32)22(14)31(2)23(33)15-6-7-19(25)17(10-15)18-13-30-21(24(26,27)28)11-16(18)12-29/h3-7,10-11,13,32H,8-9H2,1-2H3. The summed E-state index contributed by atoms with van der Waals surface area (Å²) in [6, 6.07) is 11.9. The van der Waals surface area contributed by atoms with Crippen molar-refractivity contribution in [1.29, 1.82) is 5.26 Å². The molecule has 34 heavy (non-hydrogen) atoms. The third kappa shape index (κ3) is 5.14. The molecule has 1 aromatic heterocycles. The Hall–Kier alpha value is -3.61. The SMILES string of the molecule is Cc1cccc(OCCO)c1N(C)C(=O)c1ccc(Cl)c(-c2cnc(C(F)(F)F)cc2C#N)c1. The average Bonchev–Trinajstić information content (AvgIpc) is 2.81. The Balaban J connectivity index is 2.04. The van der Waals surface area contributed by atoms with E-state index in [1.54, 1.807) is 38.2 Å². The lowest BCUT2D eigenvalue weighted by Crippen LogP contribution is -2.27. The summed E-state index contributed by atoms with van der Waals surface area (Å²) in [4.78, 5) is 18.1. The van der Waals surface area contributed by atoms with Gasteiger partial charge >= 0.3 is 6.18 Å². The summed E-state index contributed by atoms with van der Waals surface area (Å²) in [7, 11) is 1.55. The van der Waals surface area contributed by atoms with Crippen molar-refractivity contribution in [3.05, 3.63) is 76.1 Å². The number of amides is 1. The van der Waals surface area contributed by atoms with Gasteiger partial charge in [0.1, 0.15) is 18.1 Å². The molecule has 0 spiro atoms. The minimum absolute atomic E-state index is 0.0431. The van der Waals surface area contributed by atoms with Crippen LogP contribution in [-0.4, -0.2) is 36.3 Å². The van der Waals surface area contributed by atoms with Gasteiger partial charge in [-0.25, -0.2) is 0 Å². The van der Waals surface area contributed by atoms with Gasteiger partial charge in [-0.2, -0.15) is 18.4 Å². The predicted molar refractivity (Wildman–Crippen MR) is 121 cm³/mol. The number of para-hydroxylation sites is 1. The number of halogens is 4. The van der Waals surface area contributed by atoms with E-state index in [9.17, 15) is 23.2 Å². The van der Waals surface area contributed by atoms with Crippen LogP contribution in [0.1, 0.15) is 27.2 Å². The molecule has 2 aromatic carbocycles. The molecular weight excluding hydrogens is 471 g/mol. The van der Waals surface area contributed by atoms with Gasteiger partial charge in [0.15, 0.2) is 0 Å². The number of aliphatic hydroxyl groups excluding tert-OH is 1. The Bertz CT molecular complexity index is 1270. The van der Waals surface area contributed by atoms with Crippen LogP contribution in [0.15, 0.2) is 48.7 Å². The van der Waals surface area contributed by atoms with Crippen molar-refractivity contribution < 1.29 is 27.8 Å². The molecule has 0 bridgehead atoms. The minimum atomic E-state index is -4.71. The minimum Gasteiger partial charge on any atom is -0.489 e. The van der Waals surface area contributed by atoms with E-state index in [0.717, 1.165) is 11.8 Å². The highest BCUT2D eigenvalue weighted by Crippen LogP contribution is 2.36. The number of hydrogen-bond donors (Lipinski definition) is 1. The molecule has 0 atom stereocenters. The first kappa shape index (κ1) is 25.0.